The number of hydrogen-bond donors (Lipinski definition) is 5. The fourth-order valence-electron chi connectivity index (χ4n) is 4.82. The van der Waals surface area contributed by atoms with Crippen molar-refractivity contribution in [3.63, 3.8) is 0 Å². The summed E-state index contributed by atoms with van der Waals surface area (Å²) >= 11 is 0. The van der Waals surface area contributed by atoms with Gasteiger partial charge in [-0.25, -0.2) is 4.98 Å². The molecule has 5 N–H and O–H groups in total. The van der Waals surface area contributed by atoms with Crippen LogP contribution in [-0.2, 0) is 0 Å². The van der Waals surface area contributed by atoms with Crippen LogP contribution >= 0.6 is 0 Å². The average molecular weight is 492 g/mol. The number of nitrogens with zero attached hydrogens (tertiary/aromatic N) is 2. The summed E-state index contributed by atoms with van der Waals surface area (Å²) in [5.74, 6) is 1.74. The predicted octanol–water partition coefficient (Wildman–Crippen LogP) is 3.29. The third-order valence-electron chi connectivity index (χ3n) is 7.01. The molecule has 7 nitrogen and oxygen atoms in total. The zero-order valence-electron chi connectivity index (χ0n) is 20.7. The van der Waals surface area contributed by atoms with E-state index in [0.29, 0.717) is 24.2 Å². The number of nitrogens with one attached hydrogen (secondary N) is 1. The maximum atomic E-state index is 9.89. The Morgan fingerprint density at radius 3 is 2.28 bits per heavy atom. The highest BCUT2D eigenvalue weighted by atomic mass is 16.3. The number of aromatic nitrogens is 2. The molecule has 36 heavy (non-hydrogen) atoms. The third kappa shape index (κ3) is 6.49. The van der Waals surface area contributed by atoms with Gasteiger partial charge in [-0.1, -0.05) is 60.7 Å². The van der Waals surface area contributed by atoms with Crippen LogP contribution in [-0.4, -0.2) is 62.4 Å². The van der Waals surface area contributed by atoms with E-state index in [-0.39, 0.29) is 19.3 Å². The second-order valence-electron chi connectivity index (χ2n) is 9.75. The number of imidazole rings is 1. The van der Waals surface area contributed by atoms with Gasteiger partial charge in [0.15, 0.2) is 0 Å². The first-order valence-corrected chi connectivity index (χ1v) is 12.7. The summed E-state index contributed by atoms with van der Waals surface area (Å²) in [5, 5.41) is 41.3. The van der Waals surface area contributed by atoms with Crippen LogP contribution in [0.4, 0.5) is 0 Å². The van der Waals surface area contributed by atoms with Crippen LogP contribution in [0.15, 0.2) is 67.0 Å². The predicted molar refractivity (Wildman–Crippen MR) is 141 cm³/mol. The molecule has 0 bridgehead atoms. The maximum Gasteiger partial charge on any atom is 0.137 e. The summed E-state index contributed by atoms with van der Waals surface area (Å²) in [5.41, 5.74) is 4.74. The van der Waals surface area contributed by atoms with E-state index in [1.807, 2.05) is 12.2 Å². The van der Waals surface area contributed by atoms with Gasteiger partial charge in [-0.15, -0.1) is 0 Å². The molecule has 7 heteroatoms. The highest BCUT2D eigenvalue weighted by molar-refractivity contribution is 5.66. The molecule has 0 aliphatic heterocycles. The van der Waals surface area contributed by atoms with Crippen molar-refractivity contribution in [2.24, 2.45) is 5.92 Å². The van der Waals surface area contributed by atoms with Gasteiger partial charge >= 0.3 is 0 Å². The van der Waals surface area contributed by atoms with E-state index in [2.05, 4.69) is 58.8 Å². The van der Waals surface area contributed by atoms with Crippen LogP contribution in [0, 0.1) is 5.92 Å². The Kier molecular flexibility index (Phi) is 9.07. The van der Waals surface area contributed by atoms with E-state index >= 15 is 0 Å². The Hall–Kier alpha value is -2.81. The van der Waals surface area contributed by atoms with E-state index in [1.165, 1.54) is 11.1 Å². The summed E-state index contributed by atoms with van der Waals surface area (Å²) in [7, 11) is 0. The second kappa shape index (κ2) is 12.4. The van der Waals surface area contributed by atoms with E-state index in [1.54, 1.807) is 23.9 Å². The minimum atomic E-state index is -0.701. The average Bonchev–Trinajstić information content (AvgIpc) is 3.36. The van der Waals surface area contributed by atoms with E-state index in [0.717, 1.165) is 30.5 Å². The van der Waals surface area contributed by atoms with Gasteiger partial charge in [0.05, 0.1) is 25.4 Å². The molecule has 1 aliphatic rings. The van der Waals surface area contributed by atoms with E-state index in [9.17, 15) is 15.3 Å². The van der Waals surface area contributed by atoms with Crippen molar-refractivity contribution in [1.29, 1.82) is 0 Å². The first-order valence-electron chi connectivity index (χ1n) is 12.7. The van der Waals surface area contributed by atoms with E-state index < -0.39 is 12.2 Å². The number of hydrogen-bond acceptors (Lipinski definition) is 6. The lowest BCUT2D eigenvalue weighted by Gasteiger charge is -2.36. The molecule has 0 spiro atoms. The Morgan fingerprint density at radius 2 is 1.67 bits per heavy atom. The second-order valence-corrected chi connectivity index (χ2v) is 9.75. The quantitative estimate of drug-likeness (QED) is 0.266. The van der Waals surface area contributed by atoms with Crippen LogP contribution in [0.1, 0.15) is 54.8 Å². The zero-order chi connectivity index (χ0) is 25.5. The highest BCUT2D eigenvalue weighted by Gasteiger charge is 2.29. The largest absolute Gasteiger partial charge is 0.394 e. The molecule has 0 radical (unpaired) electrons. The molecule has 3 aromatic rings. The fraction of sp³-hybridized carbons (Fsp3) is 0.414. The molecule has 4 rings (SSSR count). The van der Waals surface area contributed by atoms with Gasteiger partial charge in [-0.3, -0.25) is 0 Å². The topological polar surface area (TPSA) is 111 Å². The SMILES string of the molecule is C[C@H](O)c1nccn1[C@@H](/C=C/c1ccc(-c2ccc(C3CC(CNCC(O)CO)C3)cc2)cc1)CO. The van der Waals surface area contributed by atoms with E-state index in [4.69, 9.17) is 5.11 Å². The van der Waals surface area contributed by atoms with Crippen molar-refractivity contribution < 1.29 is 20.4 Å². The molecular weight excluding hydrogens is 454 g/mol. The third-order valence-corrected chi connectivity index (χ3v) is 7.01. The molecule has 1 fully saturated rings. The Bertz CT molecular complexity index is 1100. The first kappa shape index (κ1) is 26.3. The van der Waals surface area contributed by atoms with Crippen LogP contribution in [0.25, 0.3) is 17.2 Å². The lowest BCUT2D eigenvalue weighted by atomic mass is 9.71. The first-order chi connectivity index (χ1) is 17.5. The van der Waals surface area contributed by atoms with Crippen molar-refractivity contribution in [2.45, 2.75) is 43.9 Å². The number of benzene rings is 2. The molecule has 3 atom stereocenters. The summed E-state index contributed by atoms with van der Waals surface area (Å²) < 4.78 is 1.79. The smallest absolute Gasteiger partial charge is 0.137 e. The van der Waals surface area contributed by atoms with Crippen molar-refractivity contribution >= 4 is 6.08 Å². The van der Waals surface area contributed by atoms with Gasteiger partial charge in [0, 0.05) is 18.9 Å². The van der Waals surface area contributed by atoms with Gasteiger partial charge in [-0.2, -0.15) is 0 Å². The molecule has 192 valence electrons. The van der Waals surface area contributed by atoms with Gasteiger partial charge < -0.3 is 30.3 Å². The van der Waals surface area contributed by atoms with Crippen molar-refractivity contribution in [3.8, 4) is 11.1 Å². The molecule has 1 aliphatic carbocycles. The normalized spacial score (nSPS) is 20.2. The van der Waals surface area contributed by atoms with Gasteiger partial charge in [0.2, 0.25) is 0 Å². The van der Waals surface area contributed by atoms with Crippen molar-refractivity contribution in [1.82, 2.24) is 14.9 Å². The number of aliphatic hydroxyl groups excluding tert-OH is 4. The summed E-state index contributed by atoms with van der Waals surface area (Å²) in [6.45, 7) is 2.71. The fourth-order valence-corrected chi connectivity index (χ4v) is 4.82. The van der Waals surface area contributed by atoms with Crippen molar-refractivity contribution in [2.75, 3.05) is 26.3 Å². The summed E-state index contributed by atoms with van der Waals surface area (Å²) in [4.78, 5) is 4.18. The zero-order valence-corrected chi connectivity index (χ0v) is 20.7. The Labute approximate surface area is 212 Å². The van der Waals surface area contributed by atoms with Crippen LogP contribution in [0.2, 0.25) is 0 Å². The molecule has 1 aromatic heterocycles. The van der Waals surface area contributed by atoms with Crippen LogP contribution in [0.3, 0.4) is 0 Å². The van der Waals surface area contributed by atoms with Gasteiger partial charge in [-0.05, 0) is 60.4 Å². The standard InChI is InChI=1S/C29H37N3O4/c1-20(35)29-31-12-13-32(29)27(18-33)11-4-21-2-5-23(6-3-21)24-7-9-25(10-8-24)26-14-22(15-26)16-30-17-28(36)19-34/h2-13,20,22,26-28,30,33-36H,14-19H2,1H3/b11-4+/t20-,22?,26?,27-,28?/m0/s1. The Morgan fingerprint density at radius 1 is 1.00 bits per heavy atom. The molecule has 2 aromatic carbocycles. The summed E-state index contributed by atoms with van der Waals surface area (Å²) in [6, 6.07) is 16.9. The minimum absolute atomic E-state index is 0.0812. The molecule has 1 saturated carbocycles. The molecule has 0 saturated heterocycles. The minimum Gasteiger partial charge on any atom is -0.394 e. The monoisotopic (exact) mass is 491 g/mol. The lowest BCUT2D eigenvalue weighted by molar-refractivity contribution is 0.0917. The highest BCUT2D eigenvalue weighted by Crippen LogP contribution is 2.41. The van der Waals surface area contributed by atoms with Gasteiger partial charge in [0.1, 0.15) is 11.9 Å². The Balaban J connectivity index is 1.31. The summed E-state index contributed by atoms with van der Waals surface area (Å²) in [6.07, 6.45) is 8.22. The number of aliphatic hydroxyl groups is 4. The molecule has 0 amide bonds. The van der Waals surface area contributed by atoms with Crippen LogP contribution in [0.5, 0.6) is 0 Å². The molecule has 1 unspecified atom stereocenters. The van der Waals surface area contributed by atoms with Crippen molar-refractivity contribution in [3.05, 3.63) is 84.0 Å². The maximum absolute atomic E-state index is 9.89. The van der Waals surface area contributed by atoms with Gasteiger partial charge in [0.25, 0.3) is 0 Å². The molecular formula is C29H37N3O4. The lowest BCUT2D eigenvalue weighted by Crippen LogP contribution is -2.36. The number of rotatable bonds is 12. The van der Waals surface area contributed by atoms with Crippen LogP contribution < -0.4 is 5.32 Å². The molecule has 1 heterocycles.